The Balaban J connectivity index is 1.43. The molecular formula is C17H26N4O2. The Hall–Kier alpha value is -1.59. The standard InChI is InChI=1S/C17H26N4O2/c1-15(2,3)17-8-16(9-17,10-17)13(22)21-6-4-5-11(7-21)12-19-20-14(18)23-12/h11H,4-10H2,1-3H3,(H2,18,20). The van der Waals surface area contributed by atoms with Gasteiger partial charge < -0.3 is 15.1 Å². The van der Waals surface area contributed by atoms with Crippen molar-refractivity contribution in [1.29, 1.82) is 0 Å². The Bertz CT molecular complexity index is 625. The molecule has 1 unspecified atom stereocenters. The van der Waals surface area contributed by atoms with E-state index in [4.69, 9.17) is 10.2 Å². The van der Waals surface area contributed by atoms with Crippen molar-refractivity contribution in [3.05, 3.63) is 5.89 Å². The fourth-order valence-electron chi connectivity index (χ4n) is 4.92. The average molecular weight is 318 g/mol. The summed E-state index contributed by atoms with van der Waals surface area (Å²) in [6.07, 6.45) is 5.16. The van der Waals surface area contributed by atoms with E-state index in [1.54, 1.807) is 0 Å². The summed E-state index contributed by atoms with van der Waals surface area (Å²) in [5.74, 6) is 1.05. The Morgan fingerprint density at radius 1 is 1.30 bits per heavy atom. The zero-order chi connectivity index (χ0) is 16.5. The third-order valence-corrected chi connectivity index (χ3v) is 6.59. The highest BCUT2D eigenvalue weighted by molar-refractivity contribution is 5.86. The van der Waals surface area contributed by atoms with Crippen LogP contribution in [0.2, 0.25) is 0 Å². The highest BCUT2D eigenvalue weighted by Gasteiger charge is 2.75. The number of carbonyl (C=O) groups excluding carboxylic acids is 1. The first-order chi connectivity index (χ1) is 10.7. The molecule has 3 saturated carbocycles. The minimum Gasteiger partial charge on any atom is -0.408 e. The van der Waals surface area contributed by atoms with Crippen molar-refractivity contribution in [1.82, 2.24) is 15.1 Å². The lowest BCUT2D eigenvalue weighted by Crippen LogP contribution is -2.72. The number of likely N-dealkylation sites (tertiary alicyclic amines) is 1. The number of hydrogen-bond acceptors (Lipinski definition) is 5. The Labute approximate surface area is 136 Å². The maximum atomic E-state index is 13.0. The van der Waals surface area contributed by atoms with E-state index in [-0.39, 0.29) is 17.3 Å². The van der Waals surface area contributed by atoms with Gasteiger partial charge in [-0.25, -0.2) is 0 Å². The lowest BCUT2D eigenvalue weighted by Gasteiger charge is -2.75. The summed E-state index contributed by atoms with van der Waals surface area (Å²) >= 11 is 0. The van der Waals surface area contributed by atoms with E-state index in [2.05, 4.69) is 31.0 Å². The molecule has 5 rings (SSSR count). The third kappa shape index (κ3) is 2.03. The minimum absolute atomic E-state index is 0.0664. The summed E-state index contributed by atoms with van der Waals surface area (Å²) < 4.78 is 5.37. The van der Waals surface area contributed by atoms with Crippen LogP contribution in [0.15, 0.2) is 4.42 Å². The van der Waals surface area contributed by atoms with Crippen LogP contribution in [-0.2, 0) is 4.79 Å². The number of amides is 1. The molecule has 2 heterocycles. The molecule has 6 nitrogen and oxygen atoms in total. The van der Waals surface area contributed by atoms with Crippen LogP contribution in [0.25, 0.3) is 0 Å². The monoisotopic (exact) mass is 318 g/mol. The molecule has 2 bridgehead atoms. The maximum Gasteiger partial charge on any atom is 0.312 e. The van der Waals surface area contributed by atoms with Gasteiger partial charge in [0, 0.05) is 13.1 Å². The lowest BCUT2D eigenvalue weighted by atomic mass is 9.29. The number of nitrogens with two attached hydrogens (primary N) is 1. The summed E-state index contributed by atoms with van der Waals surface area (Å²) in [6, 6.07) is 0.106. The van der Waals surface area contributed by atoms with Crippen molar-refractivity contribution in [3.63, 3.8) is 0 Å². The first kappa shape index (κ1) is 15.0. The third-order valence-electron chi connectivity index (χ3n) is 6.59. The van der Waals surface area contributed by atoms with E-state index >= 15 is 0 Å². The van der Waals surface area contributed by atoms with Crippen LogP contribution in [0, 0.1) is 16.2 Å². The molecule has 4 fully saturated rings. The number of anilines is 1. The second-order valence-corrected chi connectivity index (χ2v) is 8.91. The quantitative estimate of drug-likeness (QED) is 0.906. The number of rotatable bonds is 2. The van der Waals surface area contributed by atoms with Crippen LogP contribution in [0.5, 0.6) is 0 Å². The van der Waals surface area contributed by atoms with Gasteiger partial charge in [0.1, 0.15) is 0 Å². The molecule has 0 spiro atoms. The minimum atomic E-state index is -0.0664. The van der Waals surface area contributed by atoms with Crippen LogP contribution in [-0.4, -0.2) is 34.1 Å². The maximum absolute atomic E-state index is 13.0. The number of nitrogens with zero attached hydrogens (tertiary/aromatic N) is 3. The number of carbonyl (C=O) groups is 1. The molecular weight excluding hydrogens is 292 g/mol. The molecule has 0 aromatic carbocycles. The molecule has 6 heteroatoms. The van der Waals surface area contributed by atoms with E-state index in [1.165, 1.54) is 0 Å². The van der Waals surface area contributed by atoms with Crippen molar-refractivity contribution in [2.24, 2.45) is 16.2 Å². The van der Waals surface area contributed by atoms with Crippen molar-refractivity contribution < 1.29 is 9.21 Å². The van der Waals surface area contributed by atoms with Crippen molar-refractivity contribution in [2.45, 2.75) is 58.8 Å². The molecule has 23 heavy (non-hydrogen) atoms. The topological polar surface area (TPSA) is 85.2 Å². The van der Waals surface area contributed by atoms with Gasteiger partial charge in [0.05, 0.1) is 11.3 Å². The van der Waals surface area contributed by atoms with Crippen molar-refractivity contribution in [3.8, 4) is 0 Å². The molecule has 1 aromatic heterocycles. The fourth-order valence-corrected chi connectivity index (χ4v) is 4.92. The lowest BCUT2D eigenvalue weighted by molar-refractivity contribution is -0.255. The second kappa shape index (κ2) is 4.48. The zero-order valence-electron chi connectivity index (χ0n) is 14.3. The van der Waals surface area contributed by atoms with Crippen molar-refractivity contribution in [2.75, 3.05) is 18.8 Å². The molecule has 4 aliphatic rings. The normalized spacial score (nSPS) is 36.3. The molecule has 0 radical (unpaired) electrons. The van der Waals surface area contributed by atoms with Crippen LogP contribution < -0.4 is 5.73 Å². The van der Waals surface area contributed by atoms with E-state index < -0.39 is 0 Å². The van der Waals surface area contributed by atoms with E-state index in [0.717, 1.165) is 38.6 Å². The summed E-state index contributed by atoms with van der Waals surface area (Å²) in [5, 5.41) is 7.74. The van der Waals surface area contributed by atoms with Gasteiger partial charge >= 0.3 is 6.01 Å². The first-order valence-corrected chi connectivity index (χ1v) is 8.63. The molecule has 1 atom stereocenters. The predicted molar refractivity (Wildman–Crippen MR) is 85.4 cm³/mol. The smallest absolute Gasteiger partial charge is 0.312 e. The zero-order valence-corrected chi connectivity index (χ0v) is 14.3. The molecule has 1 aromatic rings. The molecule has 126 valence electrons. The van der Waals surface area contributed by atoms with Crippen LogP contribution >= 0.6 is 0 Å². The first-order valence-electron chi connectivity index (χ1n) is 8.63. The van der Waals surface area contributed by atoms with E-state index in [9.17, 15) is 4.79 Å². The summed E-state index contributed by atoms with van der Waals surface area (Å²) in [5.41, 5.74) is 6.16. The molecule has 3 aliphatic carbocycles. The van der Waals surface area contributed by atoms with Gasteiger partial charge in [0.2, 0.25) is 11.8 Å². The summed E-state index contributed by atoms with van der Waals surface area (Å²) in [6.45, 7) is 8.44. The fraction of sp³-hybridized carbons (Fsp3) is 0.824. The van der Waals surface area contributed by atoms with Gasteiger partial charge in [-0.2, -0.15) is 0 Å². The average Bonchev–Trinajstić information content (AvgIpc) is 2.80. The number of nitrogen functional groups attached to an aromatic ring is 1. The summed E-state index contributed by atoms with van der Waals surface area (Å²) in [4.78, 5) is 15.1. The van der Waals surface area contributed by atoms with Gasteiger partial charge in [0.15, 0.2) is 0 Å². The molecule has 1 aliphatic heterocycles. The van der Waals surface area contributed by atoms with Crippen LogP contribution in [0.1, 0.15) is 64.7 Å². The number of hydrogen-bond donors (Lipinski definition) is 1. The molecule has 1 saturated heterocycles. The number of piperidine rings is 1. The van der Waals surface area contributed by atoms with Gasteiger partial charge in [-0.1, -0.05) is 25.9 Å². The van der Waals surface area contributed by atoms with Crippen LogP contribution in [0.4, 0.5) is 6.01 Å². The Morgan fingerprint density at radius 2 is 2.00 bits per heavy atom. The predicted octanol–water partition coefficient (Wildman–Crippen LogP) is 2.57. The Morgan fingerprint density at radius 3 is 2.57 bits per heavy atom. The largest absolute Gasteiger partial charge is 0.408 e. The molecule has 1 amide bonds. The van der Waals surface area contributed by atoms with Crippen molar-refractivity contribution >= 4 is 11.9 Å². The van der Waals surface area contributed by atoms with Gasteiger partial charge in [-0.3, -0.25) is 4.79 Å². The SMILES string of the molecule is CC(C)(C)C12CC(C(=O)N3CCCC(c4nnc(N)o4)C3)(C1)C2. The highest BCUT2D eigenvalue weighted by Crippen LogP contribution is 2.79. The van der Waals surface area contributed by atoms with E-state index in [0.29, 0.717) is 29.2 Å². The van der Waals surface area contributed by atoms with Gasteiger partial charge in [-0.05, 0) is 42.9 Å². The second-order valence-electron chi connectivity index (χ2n) is 8.91. The summed E-state index contributed by atoms with van der Waals surface area (Å²) in [7, 11) is 0. The Kier molecular flexibility index (Phi) is 2.92. The van der Waals surface area contributed by atoms with E-state index in [1.807, 2.05) is 4.90 Å². The highest BCUT2D eigenvalue weighted by atomic mass is 16.4. The number of aromatic nitrogens is 2. The molecule has 2 N–H and O–H groups in total. The van der Waals surface area contributed by atoms with Gasteiger partial charge in [0.25, 0.3) is 0 Å². The van der Waals surface area contributed by atoms with Crippen LogP contribution in [0.3, 0.4) is 0 Å². The van der Waals surface area contributed by atoms with Gasteiger partial charge in [-0.15, -0.1) is 5.10 Å².